The van der Waals surface area contributed by atoms with Crippen LogP contribution in [0.5, 0.6) is 5.75 Å². The van der Waals surface area contributed by atoms with Crippen molar-refractivity contribution in [2.75, 3.05) is 47.1 Å². The van der Waals surface area contributed by atoms with Gasteiger partial charge in [0.15, 0.2) is 0 Å². The van der Waals surface area contributed by atoms with Gasteiger partial charge in [-0.25, -0.2) is 0 Å². The molecule has 5 heteroatoms. The zero-order valence-electron chi connectivity index (χ0n) is 16.0. The van der Waals surface area contributed by atoms with Gasteiger partial charge in [0.1, 0.15) is 5.75 Å². The van der Waals surface area contributed by atoms with E-state index in [2.05, 4.69) is 41.5 Å². The number of nitrogens with zero attached hydrogens (tertiary/aromatic N) is 1. The lowest BCUT2D eigenvalue weighted by Crippen LogP contribution is -2.42. The van der Waals surface area contributed by atoms with Crippen molar-refractivity contribution in [2.24, 2.45) is 0 Å². The quantitative estimate of drug-likeness (QED) is 0.666. The molecular weight excluding hydrogens is 346 g/mol. The number of methoxy groups -OCH3 is 2. The molecule has 142 valence electrons. The minimum Gasteiger partial charge on any atom is -0.497 e. The normalized spacial score (nSPS) is 20.0. The number of hydrogen-bond donors (Lipinski definition) is 0. The van der Waals surface area contributed by atoms with Gasteiger partial charge in [0.05, 0.1) is 20.3 Å². The van der Waals surface area contributed by atoms with Crippen LogP contribution < -0.4 is 4.74 Å². The molecule has 1 fully saturated rings. The van der Waals surface area contributed by atoms with Crippen LogP contribution in [0.25, 0.3) is 0 Å². The Morgan fingerprint density at radius 3 is 2.81 bits per heavy atom. The van der Waals surface area contributed by atoms with Crippen LogP contribution in [0.2, 0.25) is 0 Å². The Kier molecular flexibility index (Phi) is 6.70. The maximum Gasteiger partial charge on any atom is 0.119 e. The molecule has 1 aromatic heterocycles. The smallest absolute Gasteiger partial charge is 0.119 e. The predicted molar refractivity (Wildman–Crippen MR) is 106 cm³/mol. The van der Waals surface area contributed by atoms with Crippen molar-refractivity contribution >= 4 is 11.3 Å². The topological polar surface area (TPSA) is 30.9 Å². The average molecular weight is 376 g/mol. The van der Waals surface area contributed by atoms with Gasteiger partial charge in [0.2, 0.25) is 0 Å². The van der Waals surface area contributed by atoms with Crippen LogP contribution >= 0.6 is 11.3 Å². The SMILES string of the molecule is COCCN(Cc1sccc1C)CC1(c2cccc(OC)c2)CCOC1. The number of ether oxygens (including phenoxy) is 3. The van der Waals surface area contributed by atoms with Crippen LogP contribution in [-0.2, 0) is 21.4 Å². The molecule has 4 nitrogen and oxygen atoms in total. The Morgan fingerprint density at radius 1 is 1.27 bits per heavy atom. The second-order valence-electron chi connectivity index (χ2n) is 7.05. The van der Waals surface area contributed by atoms with Crippen molar-refractivity contribution in [3.8, 4) is 5.75 Å². The summed E-state index contributed by atoms with van der Waals surface area (Å²) in [7, 11) is 3.49. The van der Waals surface area contributed by atoms with E-state index in [0.29, 0.717) is 0 Å². The van der Waals surface area contributed by atoms with E-state index in [1.54, 1.807) is 14.2 Å². The molecule has 26 heavy (non-hydrogen) atoms. The van der Waals surface area contributed by atoms with Gasteiger partial charge in [-0.15, -0.1) is 11.3 Å². The summed E-state index contributed by atoms with van der Waals surface area (Å²) in [6.45, 7) is 7.33. The van der Waals surface area contributed by atoms with E-state index in [1.807, 2.05) is 17.4 Å². The highest BCUT2D eigenvalue weighted by Gasteiger charge is 2.38. The van der Waals surface area contributed by atoms with E-state index in [-0.39, 0.29) is 5.41 Å². The fraction of sp³-hybridized carbons (Fsp3) is 0.524. The van der Waals surface area contributed by atoms with Crippen molar-refractivity contribution in [1.29, 1.82) is 0 Å². The van der Waals surface area contributed by atoms with Crippen LogP contribution in [0.3, 0.4) is 0 Å². The Hall–Kier alpha value is -1.40. The van der Waals surface area contributed by atoms with Gasteiger partial charge >= 0.3 is 0 Å². The van der Waals surface area contributed by atoms with Gasteiger partial charge in [-0.2, -0.15) is 0 Å². The van der Waals surface area contributed by atoms with Gasteiger partial charge in [-0.1, -0.05) is 12.1 Å². The molecular formula is C21H29NO3S. The molecule has 1 aromatic carbocycles. The van der Waals surface area contributed by atoms with Crippen LogP contribution in [0.15, 0.2) is 35.7 Å². The van der Waals surface area contributed by atoms with Crippen molar-refractivity contribution in [3.05, 3.63) is 51.7 Å². The molecule has 0 N–H and O–H groups in total. The number of thiophene rings is 1. The predicted octanol–water partition coefficient (Wildman–Crippen LogP) is 3.87. The van der Waals surface area contributed by atoms with E-state index in [1.165, 1.54) is 16.0 Å². The first-order chi connectivity index (χ1) is 12.7. The van der Waals surface area contributed by atoms with Gasteiger partial charge in [0.25, 0.3) is 0 Å². The van der Waals surface area contributed by atoms with Crippen molar-refractivity contribution in [1.82, 2.24) is 4.90 Å². The summed E-state index contributed by atoms with van der Waals surface area (Å²) in [6.07, 6.45) is 1.03. The standard InChI is InChI=1S/C21H29NO3S/c1-17-7-12-26-20(17)14-22(9-11-23-2)15-21(8-10-25-16-21)18-5-4-6-19(13-18)24-3/h4-7,12-13H,8-11,14-16H2,1-3H3. The first-order valence-electron chi connectivity index (χ1n) is 9.13. The highest BCUT2D eigenvalue weighted by molar-refractivity contribution is 7.10. The molecule has 0 bridgehead atoms. The van der Waals surface area contributed by atoms with E-state index >= 15 is 0 Å². The Balaban J connectivity index is 1.83. The molecule has 0 radical (unpaired) electrons. The molecule has 1 saturated heterocycles. The largest absolute Gasteiger partial charge is 0.497 e. The lowest BCUT2D eigenvalue weighted by molar-refractivity contribution is 0.113. The van der Waals surface area contributed by atoms with E-state index in [9.17, 15) is 0 Å². The van der Waals surface area contributed by atoms with Crippen molar-refractivity contribution < 1.29 is 14.2 Å². The van der Waals surface area contributed by atoms with Crippen molar-refractivity contribution in [3.63, 3.8) is 0 Å². The number of benzene rings is 1. The Bertz CT molecular complexity index is 694. The number of rotatable bonds is 9. The molecule has 2 aromatic rings. The zero-order chi connectivity index (χ0) is 18.4. The summed E-state index contributed by atoms with van der Waals surface area (Å²) in [5, 5.41) is 2.18. The molecule has 2 heterocycles. The minimum atomic E-state index is 0.00739. The summed E-state index contributed by atoms with van der Waals surface area (Å²) in [5.74, 6) is 0.909. The lowest BCUT2D eigenvalue weighted by atomic mass is 9.79. The molecule has 0 aliphatic carbocycles. The minimum absolute atomic E-state index is 0.00739. The molecule has 1 atom stereocenters. The molecule has 1 aliphatic rings. The van der Waals surface area contributed by atoms with Gasteiger partial charge in [-0.05, 0) is 48.1 Å². The maximum absolute atomic E-state index is 5.86. The molecule has 0 saturated carbocycles. The summed E-state index contributed by atoms with van der Waals surface area (Å²) in [6, 6.07) is 10.7. The third kappa shape index (κ3) is 4.46. The number of hydrogen-bond acceptors (Lipinski definition) is 5. The molecule has 1 aliphatic heterocycles. The van der Waals surface area contributed by atoms with Gasteiger partial charge in [-0.3, -0.25) is 4.90 Å². The summed E-state index contributed by atoms with van der Waals surface area (Å²) in [4.78, 5) is 3.94. The van der Waals surface area contributed by atoms with E-state index < -0.39 is 0 Å². The van der Waals surface area contributed by atoms with Crippen LogP contribution in [0.1, 0.15) is 22.4 Å². The van der Waals surface area contributed by atoms with Crippen LogP contribution in [0.4, 0.5) is 0 Å². The highest BCUT2D eigenvalue weighted by Crippen LogP contribution is 2.36. The summed E-state index contributed by atoms with van der Waals surface area (Å²) < 4.78 is 16.7. The first-order valence-corrected chi connectivity index (χ1v) is 10.0. The lowest BCUT2D eigenvalue weighted by Gasteiger charge is -2.35. The molecule has 0 spiro atoms. The van der Waals surface area contributed by atoms with Gasteiger partial charge < -0.3 is 14.2 Å². The molecule has 1 unspecified atom stereocenters. The van der Waals surface area contributed by atoms with Crippen LogP contribution in [-0.4, -0.2) is 52.0 Å². The third-order valence-electron chi connectivity index (χ3n) is 5.26. The van der Waals surface area contributed by atoms with E-state index in [4.69, 9.17) is 14.2 Å². The second kappa shape index (κ2) is 9.00. The van der Waals surface area contributed by atoms with Crippen LogP contribution in [0, 0.1) is 6.92 Å². The monoisotopic (exact) mass is 375 g/mol. The average Bonchev–Trinajstić information content (AvgIpc) is 3.30. The first kappa shape index (κ1) is 19.4. The Morgan fingerprint density at radius 2 is 2.15 bits per heavy atom. The molecule has 3 rings (SSSR count). The molecule has 0 amide bonds. The van der Waals surface area contributed by atoms with E-state index in [0.717, 1.165) is 51.6 Å². The van der Waals surface area contributed by atoms with Crippen molar-refractivity contribution in [2.45, 2.75) is 25.3 Å². The number of aryl methyl sites for hydroxylation is 1. The third-order valence-corrected chi connectivity index (χ3v) is 6.27. The second-order valence-corrected chi connectivity index (χ2v) is 8.05. The fourth-order valence-electron chi connectivity index (χ4n) is 3.64. The maximum atomic E-state index is 5.86. The summed E-state index contributed by atoms with van der Waals surface area (Å²) in [5.41, 5.74) is 2.68. The van der Waals surface area contributed by atoms with Gasteiger partial charge in [0, 0.05) is 43.6 Å². The zero-order valence-corrected chi connectivity index (χ0v) is 16.8. The highest BCUT2D eigenvalue weighted by atomic mass is 32.1. The Labute approximate surface area is 160 Å². The fourth-order valence-corrected chi connectivity index (χ4v) is 4.58. The summed E-state index contributed by atoms with van der Waals surface area (Å²) >= 11 is 1.84.